The molecular formula is C18H15ClN4O5. The Morgan fingerprint density at radius 3 is 2.86 bits per heavy atom. The van der Waals surface area contributed by atoms with Gasteiger partial charge in [0, 0.05) is 11.6 Å². The Labute approximate surface area is 164 Å². The second-order valence-electron chi connectivity index (χ2n) is 5.89. The third-order valence-electron chi connectivity index (χ3n) is 4.02. The maximum absolute atomic E-state index is 12.2. The van der Waals surface area contributed by atoms with Crippen molar-refractivity contribution < 1.29 is 19.2 Å². The summed E-state index contributed by atoms with van der Waals surface area (Å²) in [4.78, 5) is 36.0. The maximum atomic E-state index is 12.2. The van der Waals surface area contributed by atoms with Crippen molar-refractivity contribution in [1.29, 1.82) is 0 Å². The fraction of sp³-hybridized carbons (Fsp3) is 0.167. The van der Waals surface area contributed by atoms with Gasteiger partial charge in [0.25, 0.3) is 17.5 Å². The van der Waals surface area contributed by atoms with Crippen LogP contribution in [0.25, 0.3) is 0 Å². The third kappa shape index (κ3) is 4.09. The summed E-state index contributed by atoms with van der Waals surface area (Å²) in [6.45, 7) is 1.19. The van der Waals surface area contributed by atoms with E-state index < -0.39 is 10.8 Å². The normalized spacial score (nSPS) is 13.6. The van der Waals surface area contributed by atoms with Crippen molar-refractivity contribution in [1.82, 2.24) is 5.43 Å². The van der Waals surface area contributed by atoms with E-state index in [4.69, 9.17) is 16.3 Å². The summed E-state index contributed by atoms with van der Waals surface area (Å²) in [5.41, 5.74) is 3.39. The highest BCUT2D eigenvalue weighted by atomic mass is 35.5. The fourth-order valence-electron chi connectivity index (χ4n) is 2.59. The fourth-order valence-corrected chi connectivity index (χ4v) is 2.78. The van der Waals surface area contributed by atoms with E-state index in [2.05, 4.69) is 10.5 Å². The summed E-state index contributed by atoms with van der Waals surface area (Å²) in [6, 6.07) is 11.1. The van der Waals surface area contributed by atoms with Gasteiger partial charge in [-0.3, -0.25) is 24.6 Å². The smallest absolute Gasteiger partial charge is 0.288 e. The average Bonchev–Trinajstić information content (AvgIpc) is 2.68. The zero-order valence-electron chi connectivity index (χ0n) is 14.7. The van der Waals surface area contributed by atoms with E-state index in [1.54, 1.807) is 37.3 Å². The number of fused-ring (bicyclic) bond motifs is 1. The summed E-state index contributed by atoms with van der Waals surface area (Å²) < 4.78 is 5.33. The van der Waals surface area contributed by atoms with Gasteiger partial charge < -0.3 is 4.74 Å². The molecule has 2 amide bonds. The van der Waals surface area contributed by atoms with Gasteiger partial charge in [-0.2, -0.15) is 5.10 Å². The second kappa shape index (κ2) is 8.05. The molecule has 0 atom stereocenters. The van der Waals surface area contributed by atoms with Gasteiger partial charge in [0.15, 0.2) is 6.61 Å². The number of ether oxygens (including phenoxy) is 1. The van der Waals surface area contributed by atoms with Crippen LogP contribution in [-0.4, -0.2) is 35.6 Å². The Morgan fingerprint density at radius 2 is 2.11 bits per heavy atom. The number of amides is 2. The standard InChI is InChI=1S/C18H15ClN4O5/c1-11(12-6-7-13(19)15(8-12)23(26)27)20-21-17(24)9-22-14-4-2-3-5-16(14)28-10-18(22)25/h2-8H,9-10H2,1H3,(H,21,24)/b20-11-. The highest BCUT2D eigenvalue weighted by Gasteiger charge is 2.26. The maximum Gasteiger partial charge on any atom is 0.288 e. The minimum Gasteiger partial charge on any atom is -0.482 e. The monoisotopic (exact) mass is 402 g/mol. The highest BCUT2D eigenvalue weighted by Crippen LogP contribution is 2.31. The Bertz CT molecular complexity index is 992. The molecule has 3 rings (SSSR count). The van der Waals surface area contributed by atoms with Gasteiger partial charge in [-0.1, -0.05) is 29.8 Å². The lowest BCUT2D eigenvalue weighted by molar-refractivity contribution is -0.384. The minimum absolute atomic E-state index is 0.00933. The van der Waals surface area contributed by atoms with Crippen LogP contribution in [0.2, 0.25) is 5.02 Å². The Balaban J connectivity index is 1.71. The van der Waals surface area contributed by atoms with Crippen LogP contribution in [0.1, 0.15) is 12.5 Å². The van der Waals surface area contributed by atoms with Crippen molar-refractivity contribution in [3.63, 3.8) is 0 Å². The summed E-state index contributed by atoms with van der Waals surface area (Å²) >= 11 is 5.79. The molecule has 0 fully saturated rings. The van der Waals surface area contributed by atoms with E-state index in [1.807, 2.05) is 0 Å². The van der Waals surface area contributed by atoms with Crippen LogP contribution in [0, 0.1) is 10.1 Å². The number of hydrogen-bond acceptors (Lipinski definition) is 6. The third-order valence-corrected chi connectivity index (χ3v) is 4.34. The molecule has 0 saturated carbocycles. The summed E-state index contributed by atoms with van der Waals surface area (Å²) in [5, 5.41) is 14.9. The van der Waals surface area contributed by atoms with E-state index in [9.17, 15) is 19.7 Å². The van der Waals surface area contributed by atoms with Crippen LogP contribution in [0.4, 0.5) is 11.4 Å². The molecule has 9 nitrogen and oxygen atoms in total. The topological polar surface area (TPSA) is 114 Å². The van der Waals surface area contributed by atoms with Crippen LogP contribution in [0.15, 0.2) is 47.6 Å². The molecule has 0 aliphatic carbocycles. The molecule has 0 aromatic heterocycles. The molecule has 2 aromatic rings. The van der Waals surface area contributed by atoms with Gasteiger partial charge in [0.1, 0.15) is 17.3 Å². The summed E-state index contributed by atoms with van der Waals surface area (Å²) in [6.07, 6.45) is 0. The first-order valence-corrected chi connectivity index (χ1v) is 8.54. The molecule has 0 saturated heterocycles. The number of hydrazone groups is 1. The van der Waals surface area contributed by atoms with Crippen molar-refractivity contribution in [3.05, 3.63) is 63.2 Å². The number of anilines is 1. The second-order valence-corrected chi connectivity index (χ2v) is 6.30. The number of nitro groups is 1. The molecular weight excluding hydrogens is 388 g/mol. The number of halogens is 1. The number of carbonyl (C=O) groups is 2. The van der Waals surface area contributed by atoms with E-state index in [1.165, 1.54) is 17.0 Å². The van der Waals surface area contributed by atoms with Crippen LogP contribution >= 0.6 is 11.6 Å². The highest BCUT2D eigenvalue weighted by molar-refractivity contribution is 6.32. The largest absolute Gasteiger partial charge is 0.482 e. The first-order chi connectivity index (χ1) is 13.4. The molecule has 1 heterocycles. The summed E-state index contributed by atoms with van der Waals surface area (Å²) in [5.74, 6) is -0.348. The van der Waals surface area contributed by atoms with E-state index in [-0.39, 0.29) is 29.8 Å². The van der Waals surface area contributed by atoms with Gasteiger partial charge in [0.05, 0.1) is 16.3 Å². The van der Waals surface area contributed by atoms with Crippen LogP contribution < -0.4 is 15.1 Å². The van der Waals surface area contributed by atoms with Crippen molar-refractivity contribution in [2.75, 3.05) is 18.1 Å². The van der Waals surface area contributed by atoms with E-state index >= 15 is 0 Å². The first kappa shape index (κ1) is 19.3. The number of nitrogens with one attached hydrogen (secondary N) is 1. The quantitative estimate of drug-likeness (QED) is 0.469. The van der Waals surface area contributed by atoms with Crippen LogP contribution in [0.3, 0.4) is 0 Å². The van der Waals surface area contributed by atoms with Gasteiger partial charge in [-0.05, 0) is 25.1 Å². The molecule has 1 aliphatic heterocycles. The van der Waals surface area contributed by atoms with Crippen molar-refractivity contribution in [2.24, 2.45) is 5.10 Å². The number of carbonyl (C=O) groups excluding carboxylic acids is 2. The molecule has 28 heavy (non-hydrogen) atoms. The zero-order valence-corrected chi connectivity index (χ0v) is 15.5. The summed E-state index contributed by atoms with van der Waals surface area (Å²) in [7, 11) is 0. The first-order valence-electron chi connectivity index (χ1n) is 8.16. The van der Waals surface area contributed by atoms with Crippen molar-refractivity contribution >= 4 is 40.5 Å². The molecule has 0 bridgehead atoms. The molecule has 0 radical (unpaired) electrons. The number of hydrogen-bond donors (Lipinski definition) is 1. The average molecular weight is 403 g/mol. The van der Waals surface area contributed by atoms with Gasteiger partial charge in [0.2, 0.25) is 0 Å². The van der Waals surface area contributed by atoms with Gasteiger partial charge in [-0.25, -0.2) is 5.43 Å². The molecule has 1 aliphatic rings. The molecule has 10 heteroatoms. The molecule has 1 N–H and O–H groups in total. The lowest BCUT2D eigenvalue weighted by atomic mass is 10.1. The lowest BCUT2D eigenvalue weighted by Gasteiger charge is -2.28. The lowest BCUT2D eigenvalue weighted by Crippen LogP contribution is -2.44. The molecule has 0 unspecified atom stereocenters. The molecule has 2 aromatic carbocycles. The number of nitro benzene ring substituents is 1. The van der Waals surface area contributed by atoms with Gasteiger partial charge in [-0.15, -0.1) is 0 Å². The van der Waals surface area contributed by atoms with Crippen LogP contribution in [0.5, 0.6) is 5.75 Å². The Kier molecular flexibility index (Phi) is 5.55. The zero-order chi connectivity index (χ0) is 20.3. The minimum atomic E-state index is -0.598. The van der Waals surface area contributed by atoms with E-state index in [0.29, 0.717) is 22.7 Å². The number of para-hydroxylation sites is 2. The number of rotatable bonds is 5. The SMILES string of the molecule is C/C(=N/NC(=O)CN1C(=O)COc2ccccc21)c1ccc(Cl)c([N+](=O)[O-])c1. The molecule has 0 spiro atoms. The van der Waals surface area contributed by atoms with Crippen LogP contribution in [-0.2, 0) is 9.59 Å². The van der Waals surface area contributed by atoms with Crippen molar-refractivity contribution in [3.8, 4) is 5.75 Å². The predicted molar refractivity (Wildman–Crippen MR) is 103 cm³/mol. The Hall–Kier alpha value is -3.46. The number of nitrogens with zero attached hydrogens (tertiary/aromatic N) is 3. The molecule has 144 valence electrons. The van der Waals surface area contributed by atoms with Crippen molar-refractivity contribution in [2.45, 2.75) is 6.92 Å². The number of benzene rings is 2. The predicted octanol–water partition coefficient (Wildman–Crippen LogP) is 2.51. The van der Waals surface area contributed by atoms with E-state index in [0.717, 1.165) is 0 Å². The Morgan fingerprint density at radius 1 is 1.36 bits per heavy atom. The van der Waals surface area contributed by atoms with Gasteiger partial charge >= 0.3 is 0 Å².